The van der Waals surface area contributed by atoms with Crippen LogP contribution in [0.3, 0.4) is 0 Å². The van der Waals surface area contributed by atoms with E-state index in [-0.39, 0.29) is 17.2 Å². The standard InChI is InChI=1S/C17H31N3O/c1-5-9-19-17(12-18)8-6-7-15(10-17)20-11-14(2)21-16(3,4)13-20/h14-15,19H,5-11,13H2,1-4H3. The number of ether oxygens (including phenoxy) is 1. The maximum atomic E-state index is 9.68. The van der Waals surface area contributed by atoms with Crippen molar-refractivity contribution in [3.63, 3.8) is 0 Å². The van der Waals surface area contributed by atoms with Crippen molar-refractivity contribution in [3.8, 4) is 6.07 Å². The SMILES string of the molecule is CCCNC1(C#N)CCCC(N2CC(C)OC(C)(C)C2)C1. The summed E-state index contributed by atoms with van der Waals surface area (Å²) in [6.07, 6.45) is 5.64. The summed E-state index contributed by atoms with van der Waals surface area (Å²) >= 11 is 0. The van der Waals surface area contributed by atoms with Crippen LogP contribution < -0.4 is 5.32 Å². The highest BCUT2D eigenvalue weighted by Gasteiger charge is 2.41. The zero-order valence-corrected chi connectivity index (χ0v) is 14.1. The average molecular weight is 293 g/mol. The molecule has 3 atom stereocenters. The van der Waals surface area contributed by atoms with Gasteiger partial charge in [-0.3, -0.25) is 10.2 Å². The van der Waals surface area contributed by atoms with Crippen molar-refractivity contribution in [2.45, 2.75) is 83.1 Å². The lowest BCUT2D eigenvalue weighted by atomic mass is 9.78. The maximum absolute atomic E-state index is 9.68. The van der Waals surface area contributed by atoms with E-state index < -0.39 is 0 Å². The van der Waals surface area contributed by atoms with Crippen molar-refractivity contribution in [2.75, 3.05) is 19.6 Å². The second-order valence-electron chi connectivity index (χ2n) is 7.49. The molecular weight excluding hydrogens is 262 g/mol. The molecule has 120 valence electrons. The molecule has 2 aliphatic rings. The Balaban J connectivity index is 2.04. The minimum absolute atomic E-state index is 0.0821. The van der Waals surface area contributed by atoms with Crippen molar-refractivity contribution in [1.29, 1.82) is 5.26 Å². The normalized spacial score (nSPS) is 37.1. The second kappa shape index (κ2) is 6.64. The summed E-state index contributed by atoms with van der Waals surface area (Å²) in [6.45, 7) is 11.6. The van der Waals surface area contributed by atoms with Gasteiger partial charge in [0.2, 0.25) is 0 Å². The van der Waals surface area contributed by atoms with E-state index >= 15 is 0 Å². The zero-order valence-electron chi connectivity index (χ0n) is 14.1. The Hall–Kier alpha value is -0.630. The fourth-order valence-electron chi connectivity index (χ4n) is 4.00. The molecule has 1 saturated heterocycles. The maximum Gasteiger partial charge on any atom is 0.108 e. The lowest BCUT2D eigenvalue weighted by Crippen LogP contribution is -2.59. The molecule has 1 aliphatic heterocycles. The molecule has 1 aliphatic carbocycles. The third kappa shape index (κ3) is 4.18. The Morgan fingerprint density at radius 3 is 2.81 bits per heavy atom. The Morgan fingerprint density at radius 2 is 2.19 bits per heavy atom. The Bertz CT molecular complexity index is 390. The van der Waals surface area contributed by atoms with Gasteiger partial charge >= 0.3 is 0 Å². The summed E-state index contributed by atoms with van der Waals surface area (Å²) in [5, 5.41) is 13.2. The van der Waals surface area contributed by atoms with E-state index in [2.05, 4.69) is 44.0 Å². The zero-order chi connectivity index (χ0) is 15.5. The van der Waals surface area contributed by atoms with Crippen LogP contribution >= 0.6 is 0 Å². The number of hydrogen-bond acceptors (Lipinski definition) is 4. The summed E-state index contributed by atoms with van der Waals surface area (Å²) < 4.78 is 6.02. The Kier molecular flexibility index (Phi) is 5.29. The van der Waals surface area contributed by atoms with Crippen molar-refractivity contribution in [1.82, 2.24) is 10.2 Å². The van der Waals surface area contributed by atoms with E-state index in [4.69, 9.17) is 4.74 Å². The van der Waals surface area contributed by atoms with E-state index in [1.165, 1.54) is 6.42 Å². The van der Waals surface area contributed by atoms with Gasteiger partial charge in [-0.1, -0.05) is 6.92 Å². The summed E-state index contributed by atoms with van der Waals surface area (Å²) in [6, 6.07) is 3.09. The molecule has 0 radical (unpaired) electrons. The van der Waals surface area contributed by atoms with Crippen LogP contribution in [0.2, 0.25) is 0 Å². The molecule has 2 rings (SSSR count). The minimum Gasteiger partial charge on any atom is -0.370 e. The first-order chi connectivity index (χ1) is 9.90. The number of rotatable bonds is 4. The first-order valence-electron chi connectivity index (χ1n) is 8.48. The smallest absolute Gasteiger partial charge is 0.108 e. The Morgan fingerprint density at radius 1 is 1.43 bits per heavy atom. The highest BCUT2D eigenvalue weighted by atomic mass is 16.5. The van der Waals surface area contributed by atoms with Gasteiger partial charge in [0.05, 0.1) is 17.8 Å². The first-order valence-corrected chi connectivity index (χ1v) is 8.48. The summed E-state index contributed by atoms with van der Waals surface area (Å²) in [5.74, 6) is 0. The fourth-order valence-corrected chi connectivity index (χ4v) is 4.00. The van der Waals surface area contributed by atoms with Gasteiger partial charge in [0.1, 0.15) is 5.54 Å². The number of morpholine rings is 1. The molecule has 2 fully saturated rings. The third-order valence-electron chi connectivity index (χ3n) is 4.76. The van der Waals surface area contributed by atoms with Crippen LogP contribution in [0, 0.1) is 11.3 Å². The molecule has 0 bridgehead atoms. The highest BCUT2D eigenvalue weighted by molar-refractivity contribution is 5.11. The van der Waals surface area contributed by atoms with Gasteiger partial charge < -0.3 is 4.74 Å². The predicted octanol–water partition coefficient (Wildman–Crippen LogP) is 2.69. The van der Waals surface area contributed by atoms with Crippen LogP contribution in [0.25, 0.3) is 0 Å². The quantitative estimate of drug-likeness (QED) is 0.866. The van der Waals surface area contributed by atoms with Crippen molar-refractivity contribution in [2.24, 2.45) is 0 Å². The van der Waals surface area contributed by atoms with E-state index in [9.17, 15) is 5.26 Å². The largest absolute Gasteiger partial charge is 0.370 e. The average Bonchev–Trinajstić information content (AvgIpc) is 2.43. The number of nitriles is 1. The first kappa shape index (κ1) is 16.7. The lowest BCUT2D eigenvalue weighted by molar-refractivity contribution is -0.141. The molecule has 1 heterocycles. The molecule has 0 aromatic rings. The fraction of sp³-hybridized carbons (Fsp3) is 0.941. The molecule has 1 saturated carbocycles. The van der Waals surface area contributed by atoms with Gasteiger partial charge in [0, 0.05) is 19.1 Å². The molecule has 0 aromatic carbocycles. The number of nitrogens with one attached hydrogen (secondary N) is 1. The summed E-state index contributed by atoms with van der Waals surface area (Å²) in [4.78, 5) is 2.56. The van der Waals surface area contributed by atoms with E-state index in [0.29, 0.717) is 6.04 Å². The topological polar surface area (TPSA) is 48.3 Å². The molecule has 1 N–H and O–H groups in total. The highest BCUT2D eigenvalue weighted by Crippen LogP contribution is 2.33. The van der Waals surface area contributed by atoms with E-state index in [0.717, 1.165) is 45.3 Å². The van der Waals surface area contributed by atoms with Gasteiger partial charge in [-0.2, -0.15) is 5.26 Å². The molecule has 4 heteroatoms. The Labute approximate surface area is 129 Å². The molecule has 0 spiro atoms. The van der Waals surface area contributed by atoms with Crippen molar-refractivity contribution >= 4 is 0 Å². The monoisotopic (exact) mass is 293 g/mol. The van der Waals surface area contributed by atoms with Gasteiger partial charge in [-0.15, -0.1) is 0 Å². The minimum atomic E-state index is -0.315. The van der Waals surface area contributed by atoms with Crippen molar-refractivity contribution < 1.29 is 4.74 Å². The van der Waals surface area contributed by atoms with Crippen LogP contribution in [0.4, 0.5) is 0 Å². The van der Waals surface area contributed by atoms with Gasteiger partial charge in [0.15, 0.2) is 0 Å². The second-order valence-corrected chi connectivity index (χ2v) is 7.49. The van der Waals surface area contributed by atoms with Gasteiger partial charge in [0.25, 0.3) is 0 Å². The van der Waals surface area contributed by atoms with Crippen LogP contribution in [0.5, 0.6) is 0 Å². The molecule has 0 amide bonds. The lowest BCUT2D eigenvalue weighted by Gasteiger charge is -2.48. The number of hydrogen-bond donors (Lipinski definition) is 1. The molecular formula is C17H31N3O. The van der Waals surface area contributed by atoms with Crippen LogP contribution in [-0.4, -0.2) is 47.8 Å². The molecule has 21 heavy (non-hydrogen) atoms. The van der Waals surface area contributed by atoms with Gasteiger partial charge in [-0.05, 0) is 59.4 Å². The predicted molar refractivity (Wildman–Crippen MR) is 85.1 cm³/mol. The van der Waals surface area contributed by atoms with E-state index in [1.54, 1.807) is 0 Å². The summed E-state index contributed by atoms with van der Waals surface area (Å²) in [7, 11) is 0. The van der Waals surface area contributed by atoms with Crippen molar-refractivity contribution in [3.05, 3.63) is 0 Å². The number of nitrogens with zero attached hydrogens (tertiary/aromatic N) is 2. The van der Waals surface area contributed by atoms with Crippen LogP contribution in [-0.2, 0) is 4.74 Å². The van der Waals surface area contributed by atoms with Crippen LogP contribution in [0.15, 0.2) is 0 Å². The molecule has 3 unspecified atom stereocenters. The van der Waals surface area contributed by atoms with Crippen LogP contribution in [0.1, 0.15) is 59.8 Å². The summed E-state index contributed by atoms with van der Waals surface area (Å²) in [5.41, 5.74) is -0.397. The molecule has 4 nitrogen and oxygen atoms in total. The molecule has 0 aromatic heterocycles. The third-order valence-corrected chi connectivity index (χ3v) is 4.76. The van der Waals surface area contributed by atoms with E-state index in [1.807, 2.05) is 0 Å². The van der Waals surface area contributed by atoms with Gasteiger partial charge in [-0.25, -0.2) is 0 Å².